The minimum absolute atomic E-state index is 0.0476. The molecule has 0 spiro atoms. The molecule has 0 saturated heterocycles. The van der Waals surface area contributed by atoms with Crippen molar-refractivity contribution in [3.63, 3.8) is 0 Å². The van der Waals surface area contributed by atoms with Crippen molar-refractivity contribution in [3.05, 3.63) is 35.0 Å². The molecule has 0 bridgehead atoms. The summed E-state index contributed by atoms with van der Waals surface area (Å²) < 4.78 is 5.30. The molecule has 0 aliphatic rings. The number of benzene rings is 1. The van der Waals surface area contributed by atoms with Crippen LogP contribution in [0.3, 0.4) is 0 Å². The van der Waals surface area contributed by atoms with Gasteiger partial charge in [-0.1, -0.05) is 0 Å². The van der Waals surface area contributed by atoms with Crippen LogP contribution in [0.1, 0.15) is 28.5 Å². The molecule has 0 aliphatic carbocycles. The van der Waals surface area contributed by atoms with Crippen LogP contribution in [-0.4, -0.2) is 17.9 Å². The number of hydrogen-bond acceptors (Lipinski definition) is 3. The number of carbonyl (C=O) groups is 1. The van der Waals surface area contributed by atoms with Crippen molar-refractivity contribution in [1.82, 2.24) is 4.98 Å². The lowest BCUT2D eigenvalue weighted by Crippen LogP contribution is -1.99. The molecule has 17 heavy (non-hydrogen) atoms. The Morgan fingerprint density at radius 1 is 1.29 bits per heavy atom. The first-order chi connectivity index (χ1) is 8.04. The maximum Gasteiger partial charge on any atom is 0.160 e. The van der Waals surface area contributed by atoms with Crippen molar-refractivity contribution in [2.24, 2.45) is 0 Å². The summed E-state index contributed by atoms with van der Waals surface area (Å²) in [5, 5.41) is 0.891. The number of carbonyl (C=O) groups excluding carboxylic acids is 1. The standard InChI is InChI=1S/C14H15NO2/c1-8-7-9(2)15-14-12(17-4)6-5-11(10(3)16)13(8)14/h5-7H,1-4H3. The third-order valence-corrected chi connectivity index (χ3v) is 2.85. The predicted molar refractivity (Wildman–Crippen MR) is 67.8 cm³/mol. The average Bonchev–Trinajstić information content (AvgIpc) is 2.27. The van der Waals surface area contributed by atoms with Crippen LogP contribution >= 0.6 is 0 Å². The van der Waals surface area contributed by atoms with Crippen LogP contribution < -0.4 is 4.74 Å². The van der Waals surface area contributed by atoms with Gasteiger partial charge in [-0.05, 0) is 44.5 Å². The number of aromatic nitrogens is 1. The van der Waals surface area contributed by atoms with Gasteiger partial charge in [0.25, 0.3) is 0 Å². The minimum Gasteiger partial charge on any atom is -0.494 e. The topological polar surface area (TPSA) is 39.2 Å². The van der Waals surface area contributed by atoms with Gasteiger partial charge in [0.1, 0.15) is 11.3 Å². The number of pyridine rings is 1. The highest BCUT2D eigenvalue weighted by atomic mass is 16.5. The van der Waals surface area contributed by atoms with E-state index in [0.29, 0.717) is 11.3 Å². The summed E-state index contributed by atoms with van der Waals surface area (Å²) in [4.78, 5) is 16.1. The van der Waals surface area contributed by atoms with Gasteiger partial charge in [-0.2, -0.15) is 0 Å². The van der Waals surface area contributed by atoms with Gasteiger partial charge in [0.05, 0.1) is 7.11 Å². The monoisotopic (exact) mass is 229 g/mol. The summed E-state index contributed by atoms with van der Waals surface area (Å²) in [6.07, 6.45) is 0. The van der Waals surface area contributed by atoms with Gasteiger partial charge in [-0.25, -0.2) is 4.98 Å². The van der Waals surface area contributed by atoms with Crippen molar-refractivity contribution < 1.29 is 9.53 Å². The zero-order valence-corrected chi connectivity index (χ0v) is 10.5. The molecular weight excluding hydrogens is 214 g/mol. The van der Waals surface area contributed by atoms with Gasteiger partial charge in [-0.15, -0.1) is 0 Å². The van der Waals surface area contributed by atoms with E-state index in [2.05, 4.69) is 4.98 Å². The van der Waals surface area contributed by atoms with Gasteiger partial charge < -0.3 is 4.74 Å². The van der Waals surface area contributed by atoms with E-state index < -0.39 is 0 Å². The lowest BCUT2D eigenvalue weighted by atomic mass is 10.00. The van der Waals surface area contributed by atoms with Crippen molar-refractivity contribution in [2.75, 3.05) is 7.11 Å². The second-order valence-electron chi connectivity index (χ2n) is 4.18. The van der Waals surface area contributed by atoms with E-state index >= 15 is 0 Å². The summed E-state index contributed by atoms with van der Waals surface area (Å²) in [7, 11) is 1.61. The Kier molecular flexibility index (Phi) is 2.84. The normalized spacial score (nSPS) is 10.6. The zero-order valence-electron chi connectivity index (χ0n) is 10.5. The molecule has 0 saturated carbocycles. The molecule has 1 aromatic carbocycles. The van der Waals surface area contributed by atoms with Crippen LogP contribution in [0.25, 0.3) is 10.9 Å². The van der Waals surface area contributed by atoms with Crippen molar-refractivity contribution in [2.45, 2.75) is 20.8 Å². The van der Waals surface area contributed by atoms with Crippen LogP contribution in [0.15, 0.2) is 18.2 Å². The molecule has 0 atom stereocenters. The van der Waals surface area contributed by atoms with Gasteiger partial charge >= 0.3 is 0 Å². The Labute approximate surface area is 100 Å². The highest BCUT2D eigenvalue weighted by molar-refractivity contribution is 6.08. The molecule has 1 aromatic heterocycles. The second-order valence-corrected chi connectivity index (χ2v) is 4.18. The van der Waals surface area contributed by atoms with Crippen LogP contribution in [-0.2, 0) is 0 Å². The fourth-order valence-electron chi connectivity index (χ4n) is 2.13. The number of hydrogen-bond donors (Lipinski definition) is 0. The maximum absolute atomic E-state index is 11.6. The molecule has 2 aromatic rings. The van der Waals surface area contributed by atoms with Gasteiger partial charge in [0.15, 0.2) is 5.78 Å². The Balaban J connectivity index is 2.95. The van der Waals surface area contributed by atoms with E-state index in [1.54, 1.807) is 26.2 Å². The van der Waals surface area contributed by atoms with Crippen molar-refractivity contribution in [1.29, 1.82) is 0 Å². The van der Waals surface area contributed by atoms with E-state index in [-0.39, 0.29) is 5.78 Å². The molecule has 0 unspecified atom stereocenters. The van der Waals surface area contributed by atoms with Crippen LogP contribution in [0.2, 0.25) is 0 Å². The first-order valence-corrected chi connectivity index (χ1v) is 5.50. The first kappa shape index (κ1) is 11.6. The number of methoxy groups -OCH3 is 1. The lowest BCUT2D eigenvalue weighted by Gasteiger charge is -2.11. The minimum atomic E-state index is 0.0476. The third-order valence-electron chi connectivity index (χ3n) is 2.85. The van der Waals surface area contributed by atoms with E-state index in [4.69, 9.17) is 4.74 Å². The Morgan fingerprint density at radius 2 is 2.00 bits per heavy atom. The smallest absolute Gasteiger partial charge is 0.160 e. The van der Waals surface area contributed by atoms with E-state index in [1.807, 2.05) is 19.9 Å². The van der Waals surface area contributed by atoms with Crippen LogP contribution in [0.5, 0.6) is 5.75 Å². The van der Waals surface area contributed by atoms with E-state index in [1.165, 1.54) is 0 Å². The molecule has 0 fully saturated rings. The summed E-state index contributed by atoms with van der Waals surface area (Å²) in [5.41, 5.74) is 3.44. The Morgan fingerprint density at radius 3 is 2.59 bits per heavy atom. The number of aryl methyl sites for hydroxylation is 2. The van der Waals surface area contributed by atoms with Gasteiger partial charge in [0.2, 0.25) is 0 Å². The van der Waals surface area contributed by atoms with E-state index in [9.17, 15) is 4.79 Å². The fourth-order valence-corrected chi connectivity index (χ4v) is 2.13. The van der Waals surface area contributed by atoms with Gasteiger partial charge in [0, 0.05) is 16.6 Å². The summed E-state index contributed by atoms with van der Waals surface area (Å²) >= 11 is 0. The zero-order chi connectivity index (χ0) is 12.6. The number of Topliss-reactive ketones (excluding diaryl/α,β-unsaturated/α-hetero) is 1. The lowest BCUT2D eigenvalue weighted by molar-refractivity contribution is 0.101. The fraction of sp³-hybridized carbons (Fsp3) is 0.286. The molecule has 1 heterocycles. The van der Waals surface area contributed by atoms with Crippen LogP contribution in [0.4, 0.5) is 0 Å². The SMILES string of the molecule is COc1ccc(C(C)=O)c2c(C)cc(C)nc12. The summed E-state index contributed by atoms with van der Waals surface area (Å²) in [6, 6.07) is 5.58. The second kappa shape index (κ2) is 4.17. The predicted octanol–water partition coefficient (Wildman–Crippen LogP) is 3.06. The third kappa shape index (κ3) is 1.88. The number of rotatable bonds is 2. The average molecular weight is 229 g/mol. The van der Waals surface area contributed by atoms with Crippen LogP contribution in [0, 0.1) is 13.8 Å². The van der Waals surface area contributed by atoms with Crippen molar-refractivity contribution >= 4 is 16.7 Å². The number of ketones is 1. The highest BCUT2D eigenvalue weighted by Gasteiger charge is 2.13. The maximum atomic E-state index is 11.6. The molecule has 0 N–H and O–H groups in total. The molecule has 3 heteroatoms. The molecule has 0 amide bonds. The number of nitrogens with zero attached hydrogens (tertiary/aromatic N) is 1. The highest BCUT2D eigenvalue weighted by Crippen LogP contribution is 2.30. The molecule has 3 nitrogen and oxygen atoms in total. The Bertz CT molecular complexity index is 603. The molecule has 0 radical (unpaired) electrons. The summed E-state index contributed by atoms with van der Waals surface area (Å²) in [5.74, 6) is 0.753. The van der Waals surface area contributed by atoms with E-state index in [0.717, 1.165) is 22.2 Å². The Hall–Kier alpha value is -1.90. The molecule has 0 aliphatic heterocycles. The number of ether oxygens (including phenoxy) is 1. The molecule has 2 rings (SSSR count). The summed E-state index contributed by atoms with van der Waals surface area (Å²) in [6.45, 7) is 5.50. The number of fused-ring (bicyclic) bond motifs is 1. The molecular formula is C14H15NO2. The largest absolute Gasteiger partial charge is 0.494 e. The first-order valence-electron chi connectivity index (χ1n) is 5.50. The van der Waals surface area contributed by atoms with Gasteiger partial charge in [-0.3, -0.25) is 4.79 Å². The van der Waals surface area contributed by atoms with Crippen molar-refractivity contribution in [3.8, 4) is 5.75 Å². The quantitative estimate of drug-likeness (QED) is 0.743. The molecule has 88 valence electrons.